The van der Waals surface area contributed by atoms with E-state index in [1.54, 1.807) is 0 Å². The Morgan fingerprint density at radius 2 is 1.60 bits per heavy atom. The lowest BCUT2D eigenvalue weighted by Gasteiger charge is -2.08. The summed E-state index contributed by atoms with van der Waals surface area (Å²) < 4.78 is 1.25. The Kier molecular flexibility index (Phi) is 3.25. The molecule has 3 heteroatoms. The molecular formula is C17H16N2O. The SMILES string of the molecule is Nn1c(=O)c(CCc2ccccc2)cc2ccccc21. The first-order valence-electron chi connectivity index (χ1n) is 6.68. The minimum atomic E-state index is -0.111. The van der Waals surface area contributed by atoms with Gasteiger partial charge in [-0.05, 0) is 30.5 Å². The zero-order chi connectivity index (χ0) is 13.9. The Bertz CT molecular complexity index is 791. The summed E-state index contributed by atoms with van der Waals surface area (Å²) in [6.07, 6.45) is 1.54. The summed E-state index contributed by atoms with van der Waals surface area (Å²) in [5, 5.41) is 0.998. The predicted molar refractivity (Wildman–Crippen MR) is 82.2 cm³/mol. The van der Waals surface area contributed by atoms with Crippen molar-refractivity contribution in [3.63, 3.8) is 0 Å². The Labute approximate surface area is 117 Å². The van der Waals surface area contributed by atoms with Crippen LogP contribution in [0, 0.1) is 0 Å². The second kappa shape index (κ2) is 5.21. The molecule has 0 spiro atoms. The zero-order valence-electron chi connectivity index (χ0n) is 11.1. The van der Waals surface area contributed by atoms with E-state index in [2.05, 4.69) is 12.1 Å². The molecule has 0 aliphatic rings. The van der Waals surface area contributed by atoms with Gasteiger partial charge in [-0.25, -0.2) is 4.68 Å². The molecule has 0 radical (unpaired) electrons. The number of fused-ring (bicyclic) bond motifs is 1. The number of nitrogens with two attached hydrogens (primary N) is 1. The minimum Gasteiger partial charge on any atom is -0.336 e. The maximum absolute atomic E-state index is 12.2. The fourth-order valence-electron chi connectivity index (χ4n) is 2.45. The van der Waals surface area contributed by atoms with Gasteiger partial charge in [0.05, 0.1) is 5.52 Å². The Morgan fingerprint density at radius 1 is 0.900 bits per heavy atom. The van der Waals surface area contributed by atoms with Gasteiger partial charge < -0.3 is 5.84 Å². The van der Waals surface area contributed by atoms with E-state index in [0.29, 0.717) is 6.42 Å². The van der Waals surface area contributed by atoms with Crippen LogP contribution in [-0.4, -0.2) is 4.68 Å². The number of hydrogen-bond donors (Lipinski definition) is 1. The van der Waals surface area contributed by atoms with E-state index in [9.17, 15) is 4.79 Å². The van der Waals surface area contributed by atoms with E-state index in [-0.39, 0.29) is 5.56 Å². The van der Waals surface area contributed by atoms with Crippen molar-refractivity contribution in [2.24, 2.45) is 0 Å². The topological polar surface area (TPSA) is 48.0 Å². The normalized spacial score (nSPS) is 10.8. The van der Waals surface area contributed by atoms with Crippen LogP contribution in [0.25, 0.3) is 10.9 Å². The molecule has 20 heavy (non-hydrogen) atoms. The van der Waals surface area contributed by atoms with Gasteiger partial charge in [0.25, 0.3) is 5.56 Å². The van der Waals surface area contributed by atoms with Crippen LogP contribution in [0.2, 0.25) is 0 Å². The van der Waals surface area contributed by atoms with Gasteiger partial charge in [0.15, 0.2) is 0 Å². The van der Waals surface area contributed by atoms with Crippen molar-refractivity contribution in [1.82, 2.24) is 4.68 Å². The Morgan fingerprint density at radius 3 is 2.40 bits per heavy atom. The Hall–Kier alpha value is -2.55. The molecule has 1 aromatic heterocycles. The molecule has 1 heterocycles. The molecule has 3 nitrogen and oxygen atoms in total. The van der Waals surface area contributed by atoms with Crippen molar-refractivity contribution in [3.8, 4) is 0 Å². The number of benzene rings is 2. The summed E-state index contributed by atoms with van der Waals surface area (Å²) in [6, 6.07) is 19.8. The van der Waals surface area contributed by atoms with Gasteiger partial charge in [0.1, 0.15) is 0 Å². The third-order valence-electron chi connectivity index (χ3n) is 3.55. The second-order valence-electron chi connectivity index (χ2n) is 4.89. The second-order valence-corrected chi connectivity index (χ2v) is 4.89. The fraction of sp³-hybridized carbons (Fsp3) is 0.118. The average molecular weight is 264 g/mol. The van der Waals surface area contributed by atoms with Crippen LogP contribution in [0.3, 0.4) is 0 Å². The minimum absolute atomic E-state index is 0.111. The fourth-order valence-corrected chi connectivity index (χ4v) is 2.45. The molecule has 0 unspecified atom stereocenters. The summed E-state index contributed by atoms with van der Waals surface area (Å²) in [6.45, 7) is 0. The van der Waals surface area contributed by atoms with E-state index < -0.39 is 0 Å². The first kappa shape index (κ1) is 12.5. The third-order valence-corrected chi connectivity index (χ3v) is 3.55. The number of aromatic nitrogens is 1. The van der Waals surface area contributed by atoms with Crippen LogP contribution in [0.5, 0.6) is 0 Å². The molecule has 2 aromatic carbocycles. The molecule has 0 saturated carbocycles. The van der Waals surface area contributed by atoms with E-state index in [0.717, 1.165) is 22.9 Å². The van der Waals surface area contributed by atoms with Gasteiger partial charge in [-0.2, -0.15) is 0 Å². The molecule has 2 N–H and O–H groups in total. The van der Waals surface area contributed by atoms with Crippen molar-refractivity contribution in [2.45, 2.75) is 12.8 Å². The summed E-state index contributed by atoms with van der Waals surface area (Å²) >= 11 is 0. The molecule has 0 bridgehead atoms. The highest BCUT2D eigenvalue weighted by Crippen LogP contribution is 2.13. The maximum atomic E-state index is 12.2. The molecule has 0 aliphatic heterocycles. The predicted octanol–water partition coefficient (Wildman–Crippen LogP) is 2.50. The van der Waals surface area contributed by atoms with E-state index in [4.69, 9.17) is 5.84 Å². The number of pyridine rings is 1. The highest BCUT2D eigenvalue weighted by Gasteiger charge is 2.07. The number of hydrogen-bond acceptors (Lipinski definition) is 2. The van der Waals surface area contributed by atoms with Gasteiger partial charge in [-0.1, -0.05) is 48.5 Å². The van der Waals surface area contributed by atoms with Crippen LogP contribution in [0.15, 0.2) is 65.5 Å². The van der Waals surface area contributed by atoms with Gasteiger partial charge in [-0.3, -0.25) is 4.79 Å². The zero-order valence-corrected chi connectivity index (χ0v) is 11.1. The number of nitrogen functional groups attached to an aromatic ring is 1. The summed E-state index contributed by atoms with van der Waals surface area (Å²) in [7, 11) is 0. The van der Waals surface area contributed by atoms with E-state index in [1.165, 1.54) is 10.2 Å². The number of nitrogens with zero attached hydrogens (tertiary/aromatic N) is 1. The molecular weight excluding hydrogens is 248 g/mol. The lowest BCUT2D eigenvalue weighted by Crippen LogP contribution is -2.30. The van der Waals surface area contributed by atoms with Crippen LogP contribution < -0.4 is 11.4 Å². The summed E-state index contributed by atoms with van der Waals surface area (Å²) in [5.41, 5.74) is 2.64. The van der Waals surface area contributed by atoms with Crippen molar-refractivity contribution in [2.75, 3.05) is 5.84 Å². The van der Waals surface area contributed by atoms with Crippen molar-refractivity contribution < 1.29 is 0 Å². The van der Waals surface area contributed by atoms with Gasteiger partial charge in [-0.15, -0.1) is 0 Å². The Balaban J connectivity index is 1.96. The van der Waals surface area contributed by atoms with Crippen molar-refractivity contribution >= 4 is 10.9 Å². The maximum Gasteiger partial charge on any atom is 0.272 e. The third kappa shape index (κ3) is 2.30. The largest absolute Gasteiger partial charge is 0.336 e. The van der Waals surface area contributed by atoms with Crippen molar-refractivity contribution in [3.05, 3.63) is 82.1 Å². The van der Waals surface area contributed by atoms with Gasteiger partial charge in [0, 0.05) is 10.9 Å². The van der Waals surface area contributed by atoms with Crippen LogP contribution in [0.4, 0.5) is 0 Å². The number of para-hydroxylation sites is 1. The summed E-state index contributed by atoms with van der Waals surface area (Å²) in [4.78, 5) is 12.2. The highest BCUT2D eigenvalue weighted by atomic mass is 16.1. The van der Waals surface area contributed by atoms with Crippen molar-refractivity contribution in [1.29, 1.82) is 0 Å². The standard InChI is InChI=1S/C17H16N2O/c18-19-16-9-5-4-8-14(16)12-15(17(19)20)11-10-13-6-2-1-3-7-13/h1-9,12H,10-11,18H2. The first-order chi connectivity index (χ1) is 9.75. The molecule has 3 rings (SSSR count). The van der Waals surface area contributed by atoms with E-state index >= 15 is 0 Å². The van der Waals surface area contributed by atoms with Crippen LogP contribution >= 0.6 is 0 Å². The van der Waals surface area contributed by atoms with Crippen LogP contribution in [-0.2, 0) is 12.8 Å². The molecule has 0 aliphatic carbocycles. The molecule has 0 amide bonds. The van der Waals surface area contributed by atoms with Gasteiger partial charge in [0.2, 0.25) is 0 Å². The summed E-state index contributed by atoms with van der Waals surface area (Å²) in [5.74, 6) is 5.89. The quantitative estimate of drug-likeness (QED) is 0.739. The highest BCUT2D eigenvalue weighted by molar-refractivity contribution is 5.79. The molecule has 100 valence electrons. The molecule has 3 aromatic rings. The smallest absolute Gasteiger partial charge is 0.272 e. The number of rotatable bonds is 3. The van der Waals surface area contributed by atoms with Gasteiger partial charge >= 0.3 is 0 Å². The molecule has 0 atom stereocenters. The average Bonchev–Trinajstić information content (AvgIpc) is 2.50. The number of aryl methyl sites for hydroxylation is 2. The molecule has 0 fully saturated rings. The monoisotopic (exact) mass is 264 g/mol. The lowest BCUT2D eigenvalue weighted by molar-refractivity contribution is 0.892. The molecule has 0 saturated heterocycles. The van der Waals surface area contributed by atoms with Crippen LogP contribution in [0.1, 0.15) is 11.1 Å². The lowest BCUT2D eigenvalue weighted by atomic mass is 10.0. The first-order valence-corrected chi connectivity index (χ1v) is 6.68. The van der Waals surface area contributed by atoms with E-state index in [1.807, 2.05) is 48.5 Å².